The highest BCUT2D eigenvalue weighted by molar-refractivity contribution is 6.58. The summed E-state index contributed by atoms with van der Waals surface area (Å²) in [7, 11) is -1.50. The summed E-state index contributed by atoms with van der Waals surface area (Å²) in [5.74, 6) is -0.786. The van der Waals surface area contributed by atoms with Crippen molar-refractivity contribution >= 4 is 52.8 Å². The highest BCUT2D eigenvalue weighted by Gasteiger charge is 2.39. The van der Waals surface area contributed by atoms with Gasteiger partial charge in [-0.1, -0.05) is 73.7 Å². The van der Waals surface area contributed by atoms with Crippen LogP contribution in [-0.2, 0) is 16.1 Å². The number of rotatable bonds is 11. The summed E-state index contributed by atoms with van der Waals surface area (Å²) in [4.78, 5) is 48.8. The quantitative estimate of drug-likeness (QED) is 0.120. The Kier molecular flexibility index (Phi) is 11.6. The smallest absolute Gasteiger partial charge is 0.423 e. The highest BCUT2D eigenvalue weighted by Crippen LogP contribution is 2.35. The molecule has 57 heavy (non-hydrogen) atoms. The average molecular weight is 767 g/mol. The number of carbonyl (C=O) groups excluding carboxylic acids is 3. The van der Waals surface area contributed by atoms with E-state index in [0.29, 0.717) is 24.0 Å². The Labute approximate surface area is 335 Å². The third-order valence-electron chi connectivity index (χ3n) is 12.1. The Balaban J connectivity index is 0.831. The molecule has 294 valence electrons. The molecule has 3 saturated heterocycles. The molecule has 12 heteroatoms. The van der Waals surface area contributed by atoms with Crippen molar-refractivity contribution in [1.29, 1.82) is 0 Å². The molecule has 4 heterocycles. The first-order chi connectivity index (χ1) is 27.7. The third kappa shape index (κ3) is 8.41. The van der Waals surface area contributed by atoms with Crippen LogP contribution in [0.4, 0.5) is 11.4 Å². The predicted molar refractivity (Wildman–Crippen MR) is 225 cm³/mol. The Morgan fingerprint density at radius 1 is 0.702 bits per heavy atom. The molecule has 0 bridgehead atoms. The summed E-state index contributed by atoms with van der Waals surface area (Å²) >= 11 is 0. The van der Waals surface area contributed by atoms with Gasteiger partial charge in [-0.05, 0) is 82.0 Å². The minimum atomic E-state index is -1.50. The molecule has 11 nitrogen and oxygen atoms in total. The third-order valence-corrected chi connectivity index (χ3v) is 12.1. The SMILES string of the molecule is CC/C(=C(/c1ccc(B(O)O)cc1)c1ccc(N2CCN(CCN3CCN(c4ccc5c(c4)CN(C4CCC(=O)NC4=O)C5=O)CC3)CC2)cc1)c1ccccc1. The van der Waals surface area contributed by atoms with Crippen LogP contribution in [0.5, 0.6) is 0 Å². The summed E-state index contributed by atoms with van der Waals surface area (Å²) < 4.78 is 0. The molecule has 1 atom stereocenters. The lowest BCUT2D eigenvalue weighted by molar-refractivity contribution is -0.136. The largest absolute Gasteiger partial charge is 0.488 e. The fourth-order valence-electron chi connectivity index (χ4n) is 8.84. The molecular formula is C45H51BN6O5. The lowest BCUT2D eigenvalue weighted by atomic mass is 9.79. The van der Waals surface area contributed by atoms with Gasteiger partial charge in [-0.2, -0.15) is 0 Å². The van der Waals surface area contributed by atoms with Crippen LogP contribution in [0.25, 0.3) is 11.1 Å². The summed E-state index contributed by atoms with van der Waals surface area (Å²) in [6, 6.07) is 32.4. The van der Waals surface area contributed by atoms with E-state index in [-0.39, 0.29) is 24.1 Å². The number of allylic oxidation sites excluding steroid dienone is 1. The molecule has 4 aromatic carbocycles. The number of fused-ring (bicyclic) bond motifs is 1. The fourth-order valence-corrected chi connectivity index (χ4v) is 8.84. The van der Waals surface area contributed by atoms with Gasteiger partial charge < -0.3 is 24.7 Å². The molecule has 0 aliphatic carbocycles. The monoisotopic (exact) mass is 766 g/mol. The van der Waals surface area contributed by atoms with Gasteiger partial charge in [-0.25, -0.2) is 0 Å². The summed E-state index contributed by atoms with van der Waals surface area (Å²) in [6.45, 7) is 12.5. The Bertz CT molecular complexity index is 2110. The van der Waals surface area contributed by atoms with Gasteiger partial charge in [0.25, 0.3) is 5.91 Å². The van der Waals surface area contributed by atoms with E-state index in [4.69, 9.17) is 0 Å². The molecule has 0 saturated carbocycles. The lowest BCUT2D eigenvalue weighted by Gasteiger charge is -2.39. The van der Waals surface area contributed by atoms with E-state index in [9.17, 15) is 24.4 Å². The number of piperidine rings is 1. The number of benzene rings is 4. The maximum atomic E-state index is 13.1. The minimum Gasteiger partial charge on any atom is -0.423 e. The Hall–Kier alpha value is -5.27. The van der Waals surface area contributed by atoms with Crippen LogP contribution in [0.2, 0.25) is 0 Å². The zero-order valence-electron chi connectivity index (χ0n) is 32.6. The first-order valence-corrected chi connectivity index (χ1v) is 20.3. The number of hydrogen-bond donors (Lipinski definition) is 3. The summed E-state index contributed by atoms with van der Waals surface area (Å²) in [5.41, 5.74) is 10.2. The van der Waals surface area contributed by atoms with Crippen molar-refractivity contribution < 1.29 is 24.4 Å². The van der Waals surface area contributed by atoms with Crippen molar-refractivity contribution in [2.75, 3.05) is 75.2 Å². The Morgan fingerprint density at radius 2 is 1.28 bits per heavy atom. The van der Waals surface area contributed by atoms with Gasteiger partial charge in [-0.3, -0.25) is 29.5 Å². The van der Waals surface area contributed by atoms with E-state index in [0.717, 1.165) is 99.8 Å². The van der Waals surface area contributed by atoms with Gasteiger partial charge in [0.2, 0.25) is 11.8 Å². The van der Waals surface area contributed by atoms with Gasteiger partial charge in [0.1, 0.15) is 6.04 Å². The molecule has 4 aliphatic rings. The fraction of sp³-hybridized carbons (Fsp3) is 0.356. The molecule has 3 N–H and O–H groups in total. The maximum absolute atomic E-state index is 13.1. The molecule has 3 fully saturated rings. The second-order valence-corrected chi connectivity index (χ2v) is 15.5. The van der Waals surface area contributed by atoms with Gasteiger partial charge in [0.15, 0.2) is 0 Å². The van der Waals surface area contributed by atoms with Crippen LogP contribution < -0.4 is 20.6 Å². The molecule has 1 unspecified atom stereocenters. The first kappa shape index (κ1) is 38.6. The van der Waals surface area contributed by atoms with Gasteiger partial charge in [0.05, 0.1) is 0 Å². The molecule has 8 rings (SSSR count). The van der Waals surface area contributed by atoms with Crippen LogP contribution in [0.15, 0.2) is 97.1 Å². The predicted octanol–water partition coefficient (Wildman–Crippen LogP) is 3.44. The lowest BCUT2D eigenvalue weighted by Crippen LogP contribution is -2.52. The van der Waals surface area contributed by atoms with Crippen molar-refractivity contribution in [2.45, 2.75) is 38.8 Å². The average Bonchev–Trinajstić information content (AvgIpc) is 3.57. The zero-order chi connectivity index (χ0) is 39.5. The van der Waals surface area contributed by atoms with Crippen LogP contribution >= 0.6 is 0 Å². The van der Waals surface area contributed by atoms with Gasteiger partial charge in [-0.15, -0.1) is 0 Å². The van der Waals surface area contributed by atoms with Crippen molar-refractivity contribution in [3.05, 3.63) is 125 Å². The molecule has 4 aliphatic heterocycles. The number of imide groups is 1. The van der Waals surface area contributed by atoms with Crippen LogP contribution in [0, 0.1) is 0 Å². The number of amides is 3. The topological polar surface area (TPSA) is 120 Å². The van der Waals surface area contributed by atoms with Crippen LogP contribution in [0.3, 0.4) is 0 Å². The summed E-state index contributed by atoms with van der Waals surface area (Å²) in [6.07, 6.45) is 1.48. The van der Waals surface area contributed by atoms with Crippen molar-refractivity contribution in [3.8, 4) is 0 Å². The number of anilines is 2. The number of piperazine rings is 2. The first-order valence-electron chi connectivity index (χ1n) is 20.3. The van der Waals surface area contributed by atoms with Crippen molar-refractivity contribution in [3.63, 3.8) is 0 Å². The van der Waals surface area contributed by atoms with Crippen molar-refractivity contribution in [2.24, 2.45) is 0 Å². The molecule has 0 aromatic heterocycles. The van der Waals surface area contributed by atoms with Crippen LogP contribution in [-0.4, -0.2) is 121 Å². The molecule has 0 spiro atoms. The molecule has 0 radical (unpaired) electrons. The second-order valence-electron chi connectivity index (χ2n) is 15.5. The van der Waals surface area contributed by atoms with E-state index in [2.05, 4.69) is 86.4 Å². The maximum Gasteiger partial charge on any atom is 0.488 e. The highest BCUT2D eigenvalue weighted by atomic mass is 16.4. The van der Waals surface area contributed by atoms with E-state index < -0.39 is 13.2 Å². The van der Waals surface area contributed by atoms with E-state index in [1.54, 1.807) is 17.0 Å². The Morgan fingerprint density at radius 3 is 1.86 bits per heavy atom. The van der Waals surface area contributed by atoms with Gasteiger partial charge >= 0.3 is 7.12 Å². The standard InChI is InChI=1S/C45H51BN6O5/c1-2-39(32-6-4-3-5-7-32)43(33-8-12-36(13-9-33)46(56)57)34-10-14-37(15-11-34)50-26-22-48(23-27-50)20-21-49-24-28-51(29-25-49)38-16-17-40-35(30-38)31-52(45(40)55)41-18-19-42(53)47-44(41)54/h3-17,30,41,56-57H,2,18-29,31H2,1H3,(H,47,53,54)/b43-39+. The number of hydrogen-bond acceptors (Lipinski definition) is 9. The van der Waals surface area contributed by atoms with Crippen molar-refractivity contribution in [1.82, 2.24) is 20.0 Å². The van der Waals surface area contributed by atoms with E-state index >= 15 is 0 Å². The molecule has 4 aromatic rings. The normalized spacial score (nSPS) is 19.7. The number of nitrogens with one attached hydrogen (secondary N) is 1. The minimum absolute atomic E-state index is 0.133. The number of carbonyl (C=O) groups is 3. The van der Waals surface area contributed by atoms with E-state index in [1.807, 2.05) is 30.3 Å². The number of nitrogens with zero attached hydrogens (tertiary/aromatic N) is 5. The summed E-state index contributed by atoms with van der Waals surface area (Å²) in [5, 5.41) is 21.8. The van der Waals surface area contributed by atoms with Gasteiger partial charge in [0, 0.05) is 95.4 Å². The molecular weight excluding hydrogens is 715 g/mol. The van der Waals surface area contributed by atoms with E-state index in [1.165, 1.54) is 16.8 Å². The van der Waals surface area contributed by atoms with Crippen LogP contribution in [0.1, 0.15) is 58.8 Å². The molecule has 3 amide bonds. The zero-order valence-corrected chi connectivity index (χ0v) is 32.6. The second kappa shape index (κ2) is 17.1.